The lowest BCUT2D eigenvalue weighted by Crippen LogP contribution is -2.45. The molecule has 0 saturated heterocycles. The van der Waals surface area contributed by atoms with Crippen LogP contribution in [0, 0.1) is 5.92 Å². The van der Waals surface area contributed by atoms with Crippen molar-refractivity contribution >= 4 is 11.9 Å². The predicted octanol–water partition coefficient (Wildman–Crippen LogP) is 1.16. The summed E-state index contributed by atoms with van der Waals surface area (Å²) in [6.45, 7) is 1.36. The quantitative estimate of drug-likeness (QED) is 0.716. The first kappa shape index (κ1) is 11.0. The minimum atomic E-state index is -0.910. The summed E-state index contributed by atoms with van der Waals surface area (Å²) in [6, 6.07) is -0.687. The maximum Gasteiger partial charge on any atom is 0.326 e. The van der Waals surface area contributed by atoms with E-state index in [1.54, 1.807) is 0 Å². The lowest BCUT2D eigenvalue weighted by atomic mass is 9.84. The average Bonchev–Trinajstić information content (AvgIpc) is 2.15. The lowest BCUT2D eigenvalue weighted by Gasteiger charge is -2.27. The first-order chi connectivity index (χ1) is 6.61. The summed E-state index contributed by atoms with van der Waals surface area (Å²) in [5.74, 6) is -1.06. The standard InChI is InChI=1S/C10H17NO3/c1-7(12)11-9(10(13)14)8-5-3-2-4-6-8/h8-9H,2-6H2,1H3,(H,11,12)(H,13,14)/t9-/m0/s1. The molecular weight excluding hydrogens is 182 g/mol. The van der Waals surface area contributed by atoms with E-state index in [-0.39, 0.29) is 11.8 Å². The van der Waals surface area contributed by atoms with Crippen molar-refractivity contribution in [3.63, 3.8) is 0 Å². The summed E-state index contributed by atoms with van der Waals surface area (Å²) in [4.78, 5) is 21.7. The molecule has 4 nitrogen and oxygen atoms in total. The highest BCUT2D eigenvalue weighted by molar-refractivity contribution is 5.82. The Balaban J connectivity index is 2.56. The smallest absolute Gasteiger partial charge is 0.326 e. The zero-order chi connectivity index (χ0) is 10.6. The zero-order valence-electron chi connectivity index (χ0n) is 8.45. The highest BCUT2D eigenvalue weighted by Crippen LogP contribution is 2.26. The molecule has 1 amide bonds. The van der Waals surface area contributed by atoms with E-state index in [0.29, 0.717) is 0 Å². The number of carboxylic acid groups (broad SMARTS) is 1. The van der Waals surface area contributed by atoms with Crippen LogP contribution in [0.3, 0.4) is 0 Å². The summed E-state index contributed by atoms with van der Waals surface area (Å²) < 4.78 is 0. The van der Waals surface area contributed by atoms with Gasteiger partial charge in [-0.25, -0.2) is 4.79 Å². The first-order valence-corrected chi connectivity index (χ1v) is 5.11. The highest BCUT2D eigenvalue weighted by Gasteiger charge is 2.29. The molecule has 0 aromatic heterocycles. The Bertz CT molecular complexity index is 221. The van der Waals surface area contributed by atoms with Crippen LogP contribution in [0.5, 0.6) is 0 Å². The second kappa shape index (κ2) is 4.98. The van der Waals surface area contributed by atoms with E-state index in [2.05, 4.69) is 5.32 Å². The van der Waals surface area contributed by atoms with Crippen LogP contribution in [0.1, 0.15) is 39.0 Å². The molecule has 80 valence electrons. The van der Waals surface area contributed by atoms with E-state index in [4.69, 9.17) is 5.11 Å². The second-order valence-electron chi connectivity index (χ2n) is 3.91. The highest BCUT2D eigenvalue weighted by atomic mass is 16.4. The molecule has 1 atom stereocenters. The SMILES string of the molecule is CC(=O)N[C@H](C(=O)O)C1CCCCC1. The molecule has 1 fully saturated rings. The number of carbonyl (C=O) groups is 2. The minimum Gasteiger partial charge on any atom is -0.480 e. The van der Waals surface area contributed by atoms with Gasteiger partial charge in [0.2, 0.25) is 5.91 Å². The van der Waals surface area contributed by atoms with Gasteiger partial charge in [0.1, 0.15) is 6.04 Å². The molecule has 0 radical (unpaired) electrons. The minimum absolute atomic E-state index is 0.116. The van der Waals surface area contributed by atoms with E-state index in [1.807, 2.05) is 0 Å². The Kier molecular flexibility index (Phi) is 3.92. The number of carboxylic acids is 1. The van der Waals surface area contributed by atoms with Gasteiger partial charge >= 0.3 is 5.97 Å². The molecule has 0 aromatic rings. The van der Waals surface area contributed by atoms with Crippen molar-refractivity contribution in [3.05, 3.63) is 0 Å². The number of aliphatic carboxylic acids is 1. The molecule has 14 heavy (non-hydrogen) atoms. The molecular formula is C10H17NO3. The van der Waals surface area contributed by atoms with E-state index in [9.17, 15) is 9.59 Å². The average molecular weight is 199 g/mol. The van der Waals surface area contributed by atoms with Crippen LogP contribution >= 0.6 is 0 Å². The van der Waals surface area contributed by atoms with E-state index in [0.717, 1.165) is 25.7 Å². The van der Waals surface area contributed by atoms with Gasteiger partial charge in [0, 0.05) is 6.92 Å². The topological polar surface area (TPSA) is 66.4 Å². The third kappa shape index (κ3) is 3.01. The fraction of sp³-hybridized carbons (Fsp3) is 0.800. The summed E-state index contributed by atoms with van der Waals surface area (Å²) in [5.41, 5.74) is 0. The largest absolute Gasteiger partial charge is 0.480 e. The van der Waals surface area contributed by atoms with Crippen molar-refractivity contribution in [2.45, 2.75) is 45.1 Å². The van der Waals surface area contributed by atoms with Gasteiger partial charge in [-0.15, -0.1) is 0 Å². The Morgan fingerprint density at radius 1 is 1.29 bits per heavy atom. The van der Waals surface area contributed by atoms with Gasteiger partial charge in [0.05, 0.1) is 0 Å². The van der Waals surface area contributed by atoms with Gasteiger partial charge in [0.25, 0.3) is 0 Å². The van der Waals surface area contributed by atoms with Crippen molar-refractivity contribution in [2.75, 3.05) is 0 Å². The number of hydrogen-bond donors (Lipinski definition) is 2. The molecule has 0 heterocycles. The van der Waals surface area contributed by atoms with Gasteiger partial charge in [-0.3, -0.25) is 4.79 Å². The summed E-state index contributed by atoms with van der Waals surface area (Å²) in [5, 5.41) is 11.5. The summed E-state index contributed by atoms with van der Waals surface area (Å²) in [7, 11) is 0. The second-order valence-corrected chi connectivity index (χ2v) is 3.91. The van der Waals surface area contributed by atoms with E-state index < -0.39 is 12.0 Å². The molecule has 2 N–H and O–H groups in total. The number of amides is 1. The predicted molar refractivity (Wildman–Crippen MR) is 51.8 cm³/mol. The van der Waals surface area contributed by atoms with Crippen LogP contribution in [0.15, 0.2) is 0 Å². The third-order valence-corrected chi connectivity index (χ3v) is 2.75. The van der Waals surface area contributed by atoms with Gasteiger partial charge in [0.15, 0.2) is 0 Å². The van der Waals surface area contributed by atoms with Crippen molar-refractivity contribution in [1.29, 1.82) is 0 Å². The lowest BCUT2D eigenvalue weighted by molar-refractivity contribution is -0.143. The fourth-order valence-corrected chi connectivity index (χ4v) is 2.07. The number of nitrogens with one attached hydrogen (secondary N) is 1. The Labute approximate surface area is 83.7 Å². The van der Waals surface area contributed by atoms with Crippen LogP contribution < -0.4 is 5.32 Å². The molecule has 0 bridgehead atoms. The van der Waals surface area contributed by atoms with Crippen LogP contribution in [0.4, 0.5) is 0 Å². The van der Waals surface area contributed by atoms with Gasteiger partial charge in [-0.2, -0.15) is 0 Å². The molecule has 1 rings (SSSR count). The van der Waals surface area contributed by atoms with Gasteiger partial charge in [-0.1, -0.05) is 19.3 Å². The van der Waals surface area contributed by atoms with E-state index in [1.165, 1.54) is 13.3 Å². The first-order valence-electron chi connectivity index (χ1n) is 5.11. The normalized spacial score (nSPS) is 20.1. The van der Waals surface area contributed by atoms with Crippen molar-refractivity contribution in [2.24, 2.45) is 5.92 Å². The maximum atomic E-state index is 10.9. The molecule has 0 aromatic carbocycles. The molecule has 0 spiro atoms. The number of hydrogen-bond acceptors (Lipinski definition) is 2. The van der Waals surface area contributed by atoms with Crippen LogP contribution in [-0.4, -0.2) is 23.0 Å². The monoisotopic (exact) mass is 199 g/mol. The van der Waals surface area contributed by atoms with Crippen molar-refractivity contribution in [3.8, 4) is 0 Å². The maximum absolute atomic E-state index is 10.9. The molecule has 1 saturated carbocycles. The number of carbonyl (C=O) groups excluding carboxylic acids is 1. The van der Waals surface area contributed by atoms with Gasteiger partial charge in [-0.05, 0) is 18.8 Å². The molecule has 4 heteroatoms. The van der Waals surface area contributed by atoms with Crippen LogP contribution in [0.25, 0.3) is 0 Å². The van der Waals surface area contributed by atoms with Crippen LogP contribution in [0.2, 0.25) is 0 Å². The molecule has 0 aliphatic heterocycles. The third-order valence-electron chi connectivity index (χ3n) is 2.75. The number of rotatable bonds is 3. The van der Waals surface area contributed by atoms with Crippen LogP contribution in [-0.2, 0) is 9.59 Å². The van der Waals surface area contributed by atoms with Crippen molar-refractivity contribution < 1.29 is 14.7 Å². The van der Waals surface area contributed by atoms with E-state index >= 15 is 0 Å². The molecule has 1 aliphatic rings. The zero-order valence-corrected chi connectivity index (χ0v) is 8.45. The Hall–Kier alpha value is -1.06. The Morgan fingerprint density at radius 2 is 1.86 bits per heavy atom. The fourth-order valence-electron chi connectivity index (χ4n) is 2.07. The van der Waals surface area contributed by atoms with Crippen molar-refractivity contribution in [1.82, 2.24) is 5.32 Å². The van der Waals surface area contributed by atoms with Gasteiger partial charge < -0.3 is 10.4 Å². The molecule has 1 aliphatic carbocycles. The molecule has 0 unspecified atom stereocenters. The summed E-state index contributed by atoms with van der Waals surface area (Å²) in [6.07, 6.45) is 5.17. The summed E-state index contributed by atoms with van der Waals surface area (Å²) >= 11 is 0. The Morgan fingerprint density at radius 3 is 2.29 bits per heavy atom.